The average Bonchev–Trinajstić information content (AvgIpc) is 3.16. The zero-order chi connectivity index (χ0) is 13.4. The molecule has 1 unspecified atom stereocenters. The summed E-state index contributed by atoms with van der Waals surface area (Å²) >= 11 is 0. The maximum absolute atomic E-state index is 5.40. The largest absolute Gasteiger partial charge is 0.454 e. The van der Waals surface area contributed by atoms with E-state index in [1.54, 1.807) is 0 Å². The minimum Gasteiger partial charge on any atom is -0.454 e. The van der Waals surface area contributed by atoms with Crippen molar-refractivity contribution in [3.05, 3.63) is 24.1 Å². The molecule has 2 aromatic rings. The lowest BCUT2D eigenvalue weighted by molar-refractivity contribution is 0.174. The van der Waals surface area contributed by atoms with E-state index in [1.807, 2.05) is 18.2 Å². The van der Waals surface area contributed by atoms with Crippen LogP contribution in [-0.2, 0) is 0 Å². The Kier molecular flexibility index (Phi) is 2.81. The van der Waals surface area contributed by atoms with Crippen molar-refractivity contribution < 1.29 is 14.0 Å². The standard InChI is InChI=1S/C14H15N3O3/c1-2-10(7-15-5-1)14-16-13(17-20-14)9-3-4-11-12(6-9)19-8-18-11/h3-4,6,10,15H,1-2,5,7-8H2. The topological polar surface area (TPSA) is 69.4 Å². The van der Waals surface area contributed by atoms with Crippen LogP contribution in [0.2, 0.25) is 0 Å². The fourth-order valence-electron chi connectivity index (χ4n) is 2.62. The summed E-state index contributed by atoms with van der Waals surface area (Å²) < 4.78 is 16.1. The fraction of sp³-hybridized carbons (Fsp3) is 0.429. The second-order valence-corrected chi connectivity index (χ2v) is 5.07. The van der Waals surface area contributed by atoms with Crippen LogP contribution in [0.1, 0.15) is 24.7 Å². The minimum atomic E-state index is 0.268. The van der Waals surface area contributed by atoms with Crippen LogP contribution in [0.25, 0.3) is 11.4 Å². The highest BCUT2D eigenvalue weighted by Crippen LogP contribution is 2.35. The number of piperidine rings is 1. The van der Waals surface area contributed by atoms with Gasteiger partial charge in [0.1, 0.15) is 0 Å². The van der Waals surface area contributed by atoms with Crippen LogP contribution in [0.3, 0.4) is 0 Å². The lowest BCUT2D eigenvalue weighted by Crippen LogP contribution is -2.28. The molecule has 104 valence electrons. The molecule has 1 saturated heterocycles. The number of benzene rings is 1. The number of hydrogen-bond donors (Lipinski definition) is 1. The Morgan fingerprint density at radius 3 is 3.05 bits per heavy atom. The van der Waals surface area contributed by atoms with Gasteiger partial charge in [-0.25, -0.2) is 0 Å². The molecule has 0 amide bonds. The van der Waals surface area contributed by atoms with Gasteiger partial charge in [0, 0.05) is 12.1 Å². The lowest BCUT2D eigenvalue weighted by Gasteiger charge is -2.18. The molecule has 0 bridgehead atoms. The SMILES string of the molecule is c1cc2c(cc1-c1noc(C3CCCNC3)n1)OCO2. The Morgan fingerprint density at radius 2 is 2.15 bits per heavy atom. The van der Waals surface area contributed by atoms with E-state index in [1.165, 1.54) is 0 Å². The van der Waals surface area contributed by atoms with E-state index in [9.17, 15) is 0 Å². The summed E-state index contributed by atoms with van der Waals surface area (Å²) in [7, 11) is 0. The summed E-state index contributed by atoms with van der Waals surface area (Å²) in [5, 5.41) is 7.43. The molecule has 0 saturated carbocycles. The summed E-state index contributed by atoms with van der Waals surface area (Å²) in [5.74, 6) is 3.12. The Bertz CT molecular complexity index is 620. The quantitative estimate of drug-likeness (QED) is 0.901. The average molecular weight is 273 g/mol. The number of aromatic nitrogens is 2. The Balaban J connectivity index is 1.61. The summed E-state index contributed by atoms with van der Waals surface area (Å²) in [5.41, 5.74) is 0.882. The molecule has 0 radical (unpaired) electrons. The Labute approximate surface area is 116 Å². The van der Waals surface area contributed by atoms with E-state index in [2.05, 4.69) is 15.5 Å². The molecule has 4 rings (SSSR count). The van der Waals surface area contributed by atoms with Gasteiger partial charge in [-0.2, -0.15) is 4.98 Å². The maximum Gasteiger partial charge on any atom is 0.231 e. The Morgan fingerprint density at radius 1 is 1.20 bits per heavy atom. The number of ether oxygens (including phenoxy) is 2. The molecule has 6 heteroatoms. The molecule has 1 atom stereocenters. The van der Waals surface area contributed by atoms with E-state index in [4.69, 9.17) is 14.0 Å². The van der Waals surface area contributed by atoms with Crippen LogP contribution in [0, 0.1) is 0 Å². The smallest absolute Gasteiger partial charge is 0.231 e. The lowest BCUT2D eigenvalue weighted by atomic mass is 10.00. The van der Waals surface area contributed by atoms with Crippen LogP contribution in [0.5, 0.6) is 11.5 Å². The van der Waals surface area contributed by atoms with Gasteiger partial charge < -0.3 is 19.3 Å². The number of nitrogens with one attached hydrogen (secondary N) is 1. The third-order valence-corrected chi connectivity index (χ3v) is 3.72. The van der Waals surface area contributed by atoms with Gasteiger partial charge in [-0.15, -0.1) is 0 Å². The van der Waals surface area contributed by atoms with Gasteiger partial charge in [0.25, 0.3) is 0 Å². The van der Waals surface area contributed by atoms with Gasteiger partial charge in [0.15, 0.2) is 11.5 Å². The monoisotopic (exact) mass is 273 g/mol. The molecule has 3 heterocycles. The van der Waals surface area contributed by atoms with E-state index < -0.39 is 0 Å². The van der Waals surface area contributed by atoms with E-state index in [-0.39, 0.29) is 6.79 Å². The molecule has 1 fully saturated rings. The molecule has 1 N–H and O–H groups in total. The van der Waals surface area contributed by atoms with E-state index in [0.717, 1.165) is 43.0 Å². The van der Waals surface area contributed by atoms with Crippen molar-refractivity contribution in [2.45, 2.75) is 18.8 Å². The van der Waals surface area contributed by atoms with Crippen LogP contribution in [-0.4, -0.2) is 30.0 Å². The Hall–Kier alpha value is -2.08. The predicted molar refractivity (Wildman–Crippen MR) is 70.7 cm³/mol. The molecule has 1 aromatic heterocycles. The van der Waals surface area contributed by atoms with Crippen molar-refractivity contribution in [2.75, 3.05) is 19.9 Å². The molecule has 2 aliphatic rings. The summed E-state index contributed by atoms with van der Waals surface area (Å²) in [6.45, 7) is 2.24. The number of fused-ring (bicyclic) bond motifs is 1. The summed E-state index contributed by atoms with van der Waals surface area (Å²) in [6.07, 6.45) is 2.24. The van der Waals surface area contributed by atoms with Gasteiger partial charge in [-0.3, -0.25) is 0 Å². The molecule has 20 heavy (non-hydrogen) atoms. The van der Waals surface area contributed by atoms with Gasteiger partial charge in [0.05, 0.1) is 5.92 Å². The minimum absolute atomic E-state index is 0.268. The van der Waals surface area contributed by atoms with Crippen LogP contribution >= 0.6 is 0 Å². The van der Waals surface area contributed by atoms with Crippen molar-refractivity contribution in [1.82, 2.24) is 15.5 Å². The van der Waals surface area contributed by atoms with Crippen molar-refractivity contribution in [2.24, 2.45) is 0 Å². The third-order valence-electron chi connectivity index (χ3n) is 3.72. The van der Waals surface area contributed by atoms with Gasteiger partial charge in [-0.1, -0.05) is 5.16 Å². The predicted octanol–water partition coefficient (Wildman–Crippen LogP) is 1.93. The molecular formula is C14H15N3O3. The highest BCUT2D eigenvalue weighted by atomic mass is 16.7. The van der Waals surface area contributed by atoms with Gasteiger partial charge >= 0.3 is 0 Å². The van der Waals surface area contributed by atoms with Gasteiger partial charge in [0.2, 0.25) is 18.5 Å². The van der Waals surface area contributed by atoms with Crippen molar-refractivity contribution >= 4 is 0 Å². The first-order valence-electron chi connectivity index (χ1n) is 6.84. The normalized spacial score (nSPS) is 21.1. The molecule has 0 spiro atoms. The van der Waals surface area contributed by atoms with Crippen molar-refractivity contribution in [1.29, 1.82) is 0 Å². The third kappa shape index (κ3) is 2.02. The molecule has 1 aromatic carbocycles. The molecular weight excluding hydrogens is 258 g/mol. The first kappa shape index (κ1) is 11.7. The van der Waals surface area contributed by atoms with E-state index in [0.29, 0.717) is 17.6 Å². The second kappa shape index (κ2) is 4.79. The molecule has 2 aliphatic heterocycles. The summed E-state index contributed by atoms with van der Waals surface area (Å²) in [6, 6.07) is 5.67. The van der Waals surface area contributed by atoms with Crippen LogP contribution in [0.15, 0.2) is 22.7 Å². The zero-order valence-electron chi connectivity index (χ0n) is 11.0. The number of rotatable bonds is 2. The number of hydrogen-bond acceptors (Lipinski definition) is 6. The van der Waals surface area contributed by atoms with Crippen LogP contribution in [0.4, 0.5) is 0 Å². The maximum atomic E-state index is 5.40. The first-order chi connectivity index (χ1) is 9.90. The molecule has 6 nitrogen and oxygen atoms in total. The van der Waals surface area contributed by atoms with Crippen LogP contribution < -0.4 is 14.8 Å². The van der Waals surface area contributed by atoms with E-state index >= 15 is 0 Å². The number of nitrogens with zero attached hydrogens (tertiary/aromatic N) is 2. The summed E-state index contributed by atoms with van der Waals surface area (Å²) in [4.78, 5) is 4.52. The molecule has 0 aliphatic carbocycles. The highest BCUT2D eigenvalue weighted by Gasteiger charge is 2.22. The first-order valence-corrected chi connectivity index (χ1v) is 6.84. The fourth-order valence-corrected chi connectivity index (χ4v) is 2.62. The van der Waals surface area contributed by atoms with Crippen molar-refractivity contribution in [3.8, 4) is 22.9 Å². The zero-order valence-corrected chi connectivity index (χ0v) is 11.0. The van der Waals surface area contributed by atoms with Gasteiger partial charge in [-0.05, 0) is 37.6 Å². The highest BCUT2D eigenvalue weighted by molar-refractivity contribution is 5.61. The second-order valence-electron chi connectivity index (χ2n) is 5.07. The van der Waals surface area contributed by atoms with Crippen molar-refractivity contribution in [3.63, 3.8) is 0 Å².